The number of esters is 1. The third-order valence-electron chi connectivity index (χ3n) is 3.40. The molecule has 1 saturated heterocycles. The second-order valence-electron chi connectivity index (χ2n) is 4.94. The minimum Gasteiger partial charge on any atom is -0.463 e. The Morgan fingerprint density at radius 3 is 2.81 bits per heavy atom. The topological polar surface area (TPSA) is 64.4 Å². The van der Waals surface area contributed by atoms with Gasteiger partial charge in [-0.1, -0.05) is 6.08 Å². The molecule has 0 aliphatic carbocycles. The van der Waals surface area contributed by atoms with Gasteiger partial charge in [0.2, 0.25) is 0 Å². The predicted octanol–water partition coefficient (Wildman–Crippen LogP) is 1.35. The fourth-order valence-electron chi connectivity index (χ4n) is 2.33. The zero-order valence-electron chi connectivity index (χ0n) is 12.3. The summed E-state index contributed by atoms with van der Waals surface area (Å²) >= 11 is 0. The number of carbonyl (C=O) groups excluding carboxylic acids is 1. The highest BCUT2D eigenvalue weighted by molar-refractivity contribution is 5.81. The minimum absolute atomic E-state index is 0.161. The fourth-order valence-corrected chi connectivity index (χ4v) is 2.33. The van der Waals surface area contributed by atoms with Gasteiger partial charge in [0.15, 0.2) is 0 Å². The van der Waals surface area contributed by atoms with Crippen molar-refractivity contribution in [3.63, 3.8) is 0 Å². The van der Waals surface area contributed by atoms with E-state index in [9.17, 15) is 9.59 Å². The molecule has 114 valence electrons. The second-order valence-corrected chi connectivity index (χ2v) is 4.94. The van der Waals surface area contributed by atoms with Gasteiger partial charge < -0.3 is 9.64 Å². The predicted molar refractivity (Wildman–Crippen MR) is 80.3 cm³/mol. The first-order valence-electron chi connectivity index (χ1n) is 7.36. The van der Waals surface area contributed by atoms with E-state index in [0.717, 1.165) is 31.6 Å². The van der Waals surface area contributed by atoms with E-state index in [1.165, 1.54) is 17.2 Å². The van der Waals surface area contributed by atoms with Gasteiger partial charge in [0.05, 0.1) is 25.0 Å². The lowest BCUT2D eigenvalue weighted by Crippen LogP contribution is -2.32. The molecule has 2 rings (SSSR count). The van der Waals surface area contributed by atoms with Crippen molar-refractivity contribution in [2.75, 3.05) is 24.6 Å². The van der Waals surface area contributed by atoms with Crippen LogP contribution in [0, 0.1) is 0 Å². The van der Waals surface area contributed by atoms with E-state index >= 15 is 0 Å². The number of rotatable bonds is 5. The van der Waals surface area contributed by atoms with Gasteiger partial charge in [0.1, 0.15) is 0 Å². The molecule has 0 aromatic carbocycles. The number of anilines is 1. The number of hydrogen-bond donors (Lipinski definition) is 0. The van der Waals surface area contributed by atoms with Gasteiger partial charge in [-0.15, -0.1) is 0 Å². The maximum atomic E-state index is 12.0. The monoisotopic (exact) mass is 291 g/mol. The first-order chi connectivity index (χ1) is 10.2. The quantitative estimate of drug-likeness (QED) is 0.605. The molecule has 0 bridgehead atoms. The Morgan fingerprint density at radius 1 is 1.38 bits per heavy atom. The number of nitrogens with zero attached hydrogens (tertiary/aromatic N) is 3. The van der Waals surface area contributed by atoms with Crippen LogP contribution < -0.4 is 10.5 Å². The first-order valence-corrected chi connectivity index (χ1v) is 7.36. The second kappa shape index (κ2) is 7.61. The summed E-state index contributed by atoms with van der Waals surface area (Å²) in [6, 6.07) is 1.61. The van der Waals surface area contributed by atoms with Gasteiger partial charge >= 0.3 is 5.97 Å². The number of ether oxygens (including phenoxy) is 1. The van der Waals surface area contributed by atoms with Crippen molar-refractivity contribution < 1.29 is 9.53 Å². The van der Waals surface area contributed by atoms with Crippen molar-refractivity contribution in [2.45, 2.75) is 32.7 Å². The highest BCUT2D eigenvalue weighted by atomic mass is 16.5. The summed E-state index contributed by atoms with van der Waals surface area (Å²) in [5.74, 6) is -0.407. The Balaban J connectivity index is 1.99. The molecule has 1 aromatic rings. The molecule has 21 heavy (non-hydrogen) atoms. The number of piperidine rings is 1. The van der Waals surface area contributed by atoms with Gasteiger partial charge in [-0.05, 0) is 26.2 Å². The highest BCUT2D eigenvalue weighted by Gasteiger charge is 2.12. The van der Waals surface area contributed by atoms with Crippen LogP contribution in [0.5, 0.6) is 0 Å². The molecule has 1 aliphatic heterocycles. The average molecular weight is 291 g/mol. The van der Waals surface area contributed by atoms with Crippen molar-refractivity contribution in [3.05, 3.63) is 34.8 Å². The Labute approximate surface area is 124 Å². The van der Waals surface area contributed by atoms with E-state index in [2.05, 4.69) is 10.00 Å². The number of aromatic nitrogens is 2. The molecule has 0 N–H and O–H groups in total. The lowest BCUT2D eigenvalue weighted by molar-refractivity contribution is -0.137. The summed E-state index contributed by atoms with van der Waals surface area (Å²) in [6.45, 7) is 4.31. The molecule has 0 atom stereocenters. The SMILES string of the molecule is CCOC(=O)/C=C/Cn1ncc(N2CCCCC2)cc1=O. The molecule has 0 radical (unpaired) electrons. The Kier molecular flexibility index (Phi) is 5.54. The van der Waals surface area contributed by atoms with Gasteiger partial charge in [0.25, 0.3) is 5.56 Å². The highest BCUT2D eigenvalue weighted by Crippen LogP contribution is 2.16. The normalized spacial score (nSPS) is 15.4. The van der Waals surface area contributed by atoms with Crippen molar-refractivity contribution in [3.8, 4) is 0 Å². The van der Waals surface area contributed by atoms with E-state index in [1.807, 2.05) is 0 Å². The zero-order valence-corrected chi connectivity index (χ0v) is 12.3. The lowest BCUT2D eigenvalue weighted by atomic mass is 10.1. The Hall–Kier alpha value is -2.11. The van der Waals surface area contributed by atoms with Gasteiger partial charge in [-0.2, -0.15) is 5.10 Å². The molecule has 6 heteroatoms. The zero-order chi connectivity index (χ0) is 15.1. The van der Waals surface area contributed by atoms with Crippen LogP contribution in [0.25, 0.3) is 0 Å². The van der Waals surface area contributed by atoms with Crippen LogP contribution in [0.1, 0.15) is 26.2 Å². The summed E-state index contributed by atoms with van der Waals surface area (Å²) in [7, 11) is 0. The molecular formula is C15H21N3O3. The van der Waals surface area contributed by atoms with Crippen molar-refractivity contribution >= 4 is 11.7 Å². The average Bonchev–Trinajstić information content (AvgIpc) is 2.50. The fraction of sp³-hybridized carbons (Fsp3) is 0.533. The van der Waals surface area contributed by atoms with Gasteiger partial charge in [-0.25, -0.2) is 9.48 Å². The van der Waals surface area contributed by atoms with E-state index in [-0.39, 0.29) is 12.1 Å². The molecule has 1 aliphatic rings. The summed E-state index contributed by atoms with van der Waals surface area (Å²) in [5, 5.41) is 4.16. The molecule has 1 aromatic heterocycles. The van der Waals surface area contributed by atoms with E-state index in [0.29, 0.717) is 6.61 Å². The maximum absolute atomic E-state index is 12.0. The molecule has 2 heterocycles. The lowest BCUT2D eigenvalue weighted by Gasteiger charge is -2.28. The van der Waals surface area contributed by atoms with E-state index in [1.54, 1.807) is 25.3 Å². The summed E-state index contributed by atoms with van der Waals surface area (Å²) in [4.78, 5) is 25.4. The Bertz CT molecular complexity index is 560. The molecule has 0 saturated carbocycles. The summed E-state index contributed by atoms with van der Waals surface area (Å²) < 4.78 is 6.09. The smallest absolute Gasteiger partial charge is 0.330 e. The summed E-state index contributed by atoms with van der Waals surface area (Å²) in [5.41, 5.74) is 0.719. The van der Waals surface area contributed by atoms with Crippen LogP contribution in [-0.4, -0.2) is 35.4 Å². The van der Waals surface area contributed by atoms with Crippen LogP contribution in [0.3, 0.4) is 0 Å². The molecule has 0 spiro atoms. The van der Waals surface area contributed by atoms with Gasteiger partial charge in [0, 0.05) is 25.2 Å². The standard InChI is InChI=1S/C15H21N3O3/c1-2-21-15(20)7-6-10-18-14(19)11-13(12-16-18)17-8-4-3-5-9-17/h6-7,11-12H,2-5,8-10H2,1H3/b7-6+. The minimum atomic E-state index is -0.407. The molecule has 6 nitrogen and oxygen atoms in total. The van der Waals surface area contributed by atoms with Crippen molar-refractivity contribution in [2.24, 2.45) is 0 Å². The third-order valence-corrected chi connectivity index (χ3v) is 3.40. The largest absolute Gasteiger partial charge is 0.463 e. The van der Waals surface area contributed by atoms with Crippen LogP contribution >= 0.6 is 0 Å². The van der Waals surface area contributed by atoms with Crippen molar-refractivity contribution in [1.82, 2.24) is 9.78 Å². The molecule has 0 unspecified atom stereocenters. The first kappa shape index (κ1) is 15.3. The maximum Gasteiger partial charge on any atom is 0.330 e. The van der Waals surface area contributed by atoms with Crippen LogP contribution in [0.15, 0.2) is 29.2 Å². The number of allylic oxidation sites excluding steroid dienone is 1. The van der Waals surface area contributed by atoms with E-state index in [4.69, 9.17) is 4.74 Å². The van der Waals surface area contributed by atoms with Gasteiger partial charge in [-0.3, -0.25) is 4.79 Å². The Morgan fingerprint density at radius 2 is 2.14 bits per heavy atom. The molecular weight excluding hydrogens is 270 g/mol. The van der Waals surface area contributed by atoms with Crippen LogP contribution in [0.2, 0.25) is 0 Å². The van der Waals surface area contributed by atoms with Crippen LogP contribution in [-0.2, 0) is 16.1 Å². The van der Waals surface area contributed by atoms with Crippen LogP contribution in [0.4, 0.5) is 5.69 Å². The third kappa shape index (κ3) is 4.44. The molecule has 0 amide bonds. The summed E-state index contributed by atoms with van der Waals surface area (Å²) in [6.07, 6.45) is 8.17. The van der Waals surface area contributed by atoms with Crippen molar-refractivity contribution in [1.29, 1.82) is 0 Å². The van der Waals surface area contributed by atoms with E-state index < -0.39 is 5.97 Å². The number of hydrogen-bond acceptors (Lipinski definition) is 5. The number of carbonyl (C=O) groups is 1. The molecule has 1 fully saturated rings.